The van der Waals surface area contributed by atoms with Gasteiger partial charge in [0.05, 0.1) is 23.0 Å². The van der Waals surface area contributed by atoms with Crippen molar-refractivity contribution in [3.63, 3.8) is 0 Å². The fourth-order valence-electron chi connectivity index (χ4n) is 2.11. The lowest BCUT2D eigenvalue weighted by Crippen LogP contribution is -2.39. The average molecular weight is 359 g/mol. The number of rotatable bonds is 8. The number of amides is 1. The Hall–Kier alpha value is -2.04. The van der Waals surface area contributed by atoms with Crippen LogP contribution in [0.4, 0.5) is 11.4 Å². The fraction of sp³-hybridized carbons (Fsp3) is 0.500. The number of nitro groups is 1. The Bertz CT molecular complexity index is 715. The Balaban J connectivity index is 3.00. The second-order valence-electron chi connectivity index (χ2n) is 5.45. The molecule has 0 heterocycles. The Morgan fingerprint density at radius 1 is 1.42 bits per heavy atom. The van der Waals surface area contributed by atoms with Crippen LogP contribution in [-0.2, 0) is 14.6 Å². The van der Waals surface area contributed by atoms with Gasteiger partial charge >= 0.3 is 0 Å². The second kappa shape index (κ2) is 8.18. The van der Waals surface area contributed by atoms with Crippen LogP contribution in [-0.4, -0.2) is 61.8 Å². The van der Waals surface area contributed by atoms with E-state index >= 15 is 0 Å². The average Bonchev–Trinajstić information content (AvgIpc) is 2.46. The van der Waals surface area contributed by atoms with E-state index in [0.29, 0.717) is 6.42 Å². The van der Waals surface area contributed by atoms with Crippen molar-refractivity contribution in [2.75, 3.05) is 31.8 Å². The molecule has 0 saturated carbocycles. The summed E-state index contributed by atoms with van der Waals surface area (Å²) in [5.41, 5.74) is -0.400. The van der Waals surface area contributed by atoms with E-state index in [-0.39, 0.29) is 29.8 Å². The normalized spacial score (nSPS) is 12.9. The van der Waals surface area contributed by atoms with E-state index in [4.69, 9.17) is 0 Å². The number of nitrogens with one attached hydrogen (secondary N) is 1. The summed E-state index contributed by atoms with van der Waals surface area (Å²) in [4.78, 5) is 23.6. The van der Waals surface area contributed by atoms with Gasteiger partial charge in [-0.25, -0.2) is 8.42 Å². The number of benzene rings is 1. The molecular weight excluding hydrogens is 338 g/mol. The summed E-state index contributed by atoms with van der Waals surface area (Å²) in [5.74, 6) is -0.468. The molecule has 9 nitrogen and oxygen atoms in total. The monoisotopic (exact) mass is 359 g/mol. The van der Waals surface area contributed by atoms with Gasteiger partial charge in [-0.1, -0.05) is 6.92 Å². The van der Waals surface area contributed by atoms with Crippen molar-refractivity contribution in [1.29, 1.82) is 0 Å². The third-order valence-electron chi connectivity index (χ3n) is 3.51. The predicted molar refractivity (Wildman–Crippen MR) is 88.6 cm³/mol. The van der Waals surface area contributed by atoms with Gasteiger partial charge in [-0.3, -0.25) is 19.8 Å². The van der Waals surface area contributed by atoms with E-state index in [0.717, 1.165) is 18.4 Å². The Kier molecular flexibility index (Phi) is 6.81. The van der Waals surface area contributed by atoms with Gasteiger partial charge in [0.25, 0.3) is 5.69 Å². The lowest BCUT2D eigenvalue weighted by atomic mass is 10.2. The van der Waals surface area contributed by atoms with Crippen molar-refractivity contribution >= 4 is 27.1 Å². The highest BCUT2D eigenvalue weighted by atomic mass is 32.2. The lowest BCUT2D eigenvalue weighted by molar-refractivity contribution is -0.385. The number of likely N-dealkylation sites (N-methyl/N-ethyl adjacent to an activating group) is 1. The quantitative estimate of drug-likeness (QED) is 0.514. The molecule has 0 radical (unpaired) electrons. The summed E-state index contributed by atoms with van der Waals surface area (Å²) in [6.45, 7) is 1.72. The van der Waals surface area contributed by atoms with E-state index in [9.17, 15) is 28.4 Å². The van der Waals surface area contributed by atoms with Crippen LogP contribution in [0.3, 0.4) is 0 Å². The molecule has 0 aliphatic carbocycles. The highest BCUT2D eigenvalue weighted by molar-refractivity contribution is 7.90. The lowest BCUT2D eigenvalue weighted by Gasteiger charge is -2.24. The van der Waals surface area contributed by atoms with Crippen LogP contribution in [0.2, 0.25) is 0 Å². The number of non-ortho nitro benzene ring substituents is 1. The van der Waals surface area contributed by atoms with E-state index in [2.05, 4.69) is 5.32 Å². The van der Waals surface area contributed by atoms with Crippen LogP contribution < -0.4 is 5.32 Å². The Labute approximate surface area is 140 Å². The molecule has 1 atom stereocenters. The first-order valence-electron chi connectivity index (χ1n) is 7.19. The summed E-state index contributed by atoms with van der Waals surface area (Å²) in [5, 5.41) is 22.6. The smallest absolute Gasteiger partial charge is 0.272 e. The molecule has 134 valence electrons. The highest BCUT2D eigenvalue weighted by Crippen LogP contribution is 2.24. The van der Waals surface area contributed by atoms with Crippen molar-refractivity contribution in [2.45, 2.75) is 24.3 Å². The number of aliphatic hydroxyl groups is 1. The van der Waals surface area contributed by atoms with Gasteiger partial charge in [-0.15, -0.1) is 0 Å². The number of aliphatic hydroxyl groups excluding tert-OH is 1. The third-order valence-corrected chi connectivity index (χ3v) is 4.60. The molecule has 0 aliphatic rings. The molecule has 0 spiro atoms. The summed E-state index contributed by atoms with van der Waals surface area (Å²) >= 11 is 0. The Morgan fingerprint density at radius 3 is 2.50 bits per heavy atom. The molecule has 24 heavy (non-hydrogen) atoms. The van der Waals surface area contributed by atoms with E-state index in [1.165, 1.54) is 6.07 Å². The predicted octanol–water partition coefficient (Wildman–Crippen LogP) is 0.639. The number of nitro benzene ring substituents is 1. The number of anilines is 1. The molecule has 1 unspecified atom stereocenters. The minimum absolute atomic E-state index is 0.0278. The molecule has 0 fully saturated rings. The third kappa shape index (κ3) is 5.55. The number of sulfone groups is 1. The zero-order chi connectivity index (χ0) is 18.5. The van der Waals surface area contributed by atoms with Crippen molar-refractivity contribution in [2.24, 2.45) is 0 Å². The van der Waals surface area contributed by atoms with Gasteiger partial charge < -0.3 is 10.4 Å². The summed E-state index contributed by atoms with van der Waals surface area (Å²) in [7, 11) is -1.99. The first kappa shape index (κ1) is 20.0. The van der Waals surface area contributed by atoms with Crippen molar-refractivity contribution in [1.82, 2.24) is 4.90 Å². The number of carbonyl (C=O) groups is 1. The van der Waals surface area contributed by atoms with Crippen LogP contribution in [0, 0.1) is 10.1 Å². The van der Waals surface area contributed by atoms with Crippen molar-refractivity contribution in [3.05, 3.63) is 28.3 Å². The number of nitrogens with zero attached hydrogens (tertiary/aromatic N) is 2. The first-order valence-corrected chi connectivity index (χ1v) is 9.08. The minimum Gasteiger partial charge on any atom is -0.395 e. The standard InChI is InChI=1S/C14H21N3O6S/c1-4-11(9-18)16(2)8-14(19)15-10-5-12(17(20)21)7-13(6-10)24(3,22)23/h5-7,11,18H,4,8-9H2,1-3H3,(H,15,19). The molecule has 1 rings (SSSR count). The fourth-order valence-corrected chi connectivity index (χ4v) is 2.79. The van der Waals surface area contributed by atoms with Gasteiger partial charge in [0.1, 0.15) is 0 Å². The maximum absolute atomic E-state index is 12.0. The largest absolute Gasteiger partial charge is 0.395 e. The highest BCUT2D eigenvalue weighted by Gasteiger charge is 2.19. The van der Waals surface area contributed by atoms with Crippen molar-refractivity contribution < 1.29 is 23.2 Å². The molecule has 0 aromatic heterocycles. The second-order valence-corrected chi connectivity index (χ2v) is 7.47. The molecule has 0 aliphatic heterocycles. The van der Waals surface area contributed by atoms with Crippen LogP contribution in [0.1, 0.15) is 13.3 Å². The molecule has 10 heteroatoms. The van der Waals surface area contributed by atoms with Crippen LogP contribution in [0.5, 0.6) is 0 Å². The summed E-state index contributed by atoms with van der Waals surface area (Å²) < 4.78 is 23.2. The topological polar surface area (TPSA) is 130 Å². The zero-order valence-corrected chi connectivity index (χ0v) is 14.5. The first-order chi connectivity index (χ1) is 11.1. The zero-order valence-electron chi connectivity index (χ0n) is 13.7. The SMILES string of the molecule is CCC(CO)N(C)CC(=O)Nc1cc([N+](=O)[O-])cc(S(C)(=O)=O)c1. The van der Waals surface area contributed by atoms with Gasteiger partial charge in [0.15, 0.2) is 9.84 Å². The molecule has 1 aromatic carbocycles. The summed E-state index contributed by atoms with van der Waals surface area (Å²) in [6.07, 6.45) is 1.58. The molecule has 0 saturated heterocycles. The molecule has 1 aromatic rings. The minimum atomic E-state index is -3.66. The number of hydrogen-bond donors (Lipinski definition) is 2. The molecule has 0 bridgehead atoms. The molecule has 1 amide bonds. The van der Waals surface area contributed by atoms with Crippen LogP contribution in [0.15, 0.2) is 23.1 Å². The van der Waals surface area contributed by atoms with E-state index in [1.807, 2.05) is 6.92 Å². The van der Waals surface area contributed by atoms with Gasteiger partial charge in [0.2, 0.25) is 5.91 Å². The number of hydrogen-bond acceptors (Lipinski definition) is 7. The van der Waals surface area contributed by atoms with Gasteiger partial charge in [0, 0.05) is 30.1 Å². The van der Waals surface area contributed by atoms with Gasteiger partial charge in [-0.2, -0.15) is 0 Å². The van der Waals surface area contributed by atoms with E-state index < -0.39 is 26.4 Å². The maximum atomic E-state index is 12.0. The molecule has 2 N–H and O–H groups in total. The maximum Gasteiger partial charge on any atom is 0.272 e. The van der Waals surface area contributed by atoms with E-state index in [1.54, 1.807) is 11.9 Å². The van der Waals surface area contributed by atoms with Crippen LogP contribution in [0.25, 0.3) is 0 Å². The van der Waals surface area contributed by atoms with Crippen molar-refractivity contribution in [3.8, 4) is 0 Å². The summed E-state index contributed by atoms with van der Waals surface area (Å²) in [6, 6.07) is 3.02. The van der Waals surface area contributed by atoms with Crippen LogP contribution >= 0.6 is 0 Å². The Morgan fingerprint density at radius 2 is 2.04 bits per heavy atom. The molecular formula is C14H21N3O6S. The van der Waals surface area contributed by atoms with Gasteiger partial charge in [-0.05, 0) is 19.5 Å². The number of carbonyl (C=O) groups excluding carboxylic acids is 1.